The molecule has 0 bridgehead atoms. The average molecular weight is 249 g/mol. The average Bonchev–Trinajstić information content (AvgIpc) is 2.38. The van der Waals surface area contributed by atoms with Crippen LogP contribution in [0.25, 0.3) is 0 Å². The van der Waals surface area contributed by atoms with Gasteiger partial charge in [-0.3, -0.25) is 0 Å². The van der Waals surface area contributed by atoms with E-state index in [2.05, 4.69) is 44.3 Å². The van der Waals surface area contributed by atoms with Crippen molar-refractivity contribution in [1.29, 1.82) is 0 Å². The molecule has 1 aromatic rings. The monoisotopic (exact) mass is 249 g/mol. The summed E-state index contributed by atoms with van der Waals surface area (Å²) in [6.07, 6.45) is 3.61. The lowest BCUT2D eigenvalue weighted by Gasteiger charge is -2.10. The zero-order valence-corrected chi connectivity index (χ0v) is 12.0. The van der Waals surface area contributed by atoms with Crippen LogP contribution in [0.15, 0.2) is 24.3 Å². The Morgan fingerprint density at radius 3 is 2.72 bits per heavy atom. The second-order valence-electron chi connectivity index (χ2n) is 4.99. The van der Waals surface area contributed by atoms with Gasteiger partial charge in [-0.05, 0) is 56.0 Å². The van der Waals surface area contributed by atoms with Crippen LogP contribution in [0.5, 0.6) is 5.75 Å². The summed E-state index contributed by atoms with van der Waals surface area (Å²) in [6.45, 7) is 9.58. The first-order valence-corrected chi connectivity index (χ1v) is 7.17. The van der Waals surface area contributed by atoms with Crippen molar-refractivity contribution in [3.05, 3.63) is 29.8 Å². The molecule has 2 heteroatoms. The Morgan fingerprint density at radius 1 is 1.17 bits per heavy atom. The molecule has 0 atom stereocenters. The van der Waals surface area contributed by atoms with Gasteiger partial charge in [0.2, 0.25) is 0 Å². The minimum atomic E-state index is 0.564. The summed E-state index contributed by atoms with van der Waals surface area (Å²) >= 11 is 0. The molecule has 0 saturated heterocycles. The quantitative estimate of drug-likeness (QED) is 0.669. The standard InChI is InChI=1S/C16H27NO/c1-4-17-11-6-5-7-12-18-16-10-8-9-15(13-16)14(2)3/h8-10,13-14,17H,4-7,11-12H2,1-3H3. The highest BCUT2D eigenvalue weighted by molar-refractivity contribution is 5.30. The van der Waals surface area contributed by atoms with E-state index in [1.165, 1.54) is 18.4 Å². The largest absolute Gasteiger partial charge is 0.494 e. The molecule has 0 aliphatic carbocycles. The first-order valence-electron chi connectivity index (χ1n) is 7.17. The van der Waals surface area contributed by atoms with Gasteiger partial charge in [0.1, 0.15) is 5.75 Å². The van der Waals surface area contributed by atoms with Gasteiger partial charge in [0, 0.05) is 0 Å². The molecule has 0 aliphatic rings. The van der Waals surface area contributed by atoms with Gasteiger partial charge in [-0.25, -0.2) is 0 Å². The highest BCUT2D eigenvalue weighted by Gasteiger charge is 2.00. The van der Waals surface area contributed by atoms with Crippen molar-refractivity contribution in [2.45, 2.75) is 46.0 Å². The van der Waals surface area contributed by atoms with Gasteiger partial charge in [-0.1, -0.05) is 32.9 Å². The first-order chi connectivity index (χ1) is 8.74. The van der Waals surface area contributed by atoms with Crippen LogP contribution in [-0.4, -0.2) is 19.7 Å². The van der Waals surface area contributed by atoms with Crippen molar-refractivity contribution >= 4 is 0 Å². The first kappa shape index (κ1) is 15.0. The Kier molecular flexibility index (Phi) is 7.51. The number of unbranched alkanes of at least 4 members (excludes halogenated alkanes) is 2. The van der Waals surface area contributed by atoms with E-state index in [4.69, 9.17) is 4.74 Å². The molecule has 0 heterocycles. The summed E-state index contributed by atoms with van der Waals surface area (Å²) < 4.78 is 5.78. The molecule has 102 valence electrons. The molecule has 0 fully saturated rings. The van der Waals surface area contributed by atoms with E-state index >= 15 is 0 Å². The molecule has 1 rings (SSSR count). The van der Waals surface area contributed by atoms with E-state index in [9.17, 15) is 0 Å². The number of benzene rings is 1. The topological polar surface area (TPSA) is 21.3 Å². The van der Waals surface area contributed by atoms with Crippen molar-refractivity contribution in [1.82, 2.24) is 5.32 Å². The third-order valence-corrected chi connectivity index (χ3v) is 3.04. The second-order valence-corrected chi connectivity index (χ2v) is 4.99. The van der Waals surface area contributed by atoms with E-state index in [0.29, 0.717) is 5.92 Å². The van der Waals surface area contributed by atoms with Crippen molar-refractivity contribution in [3.63, 3.8) is 0 Å². The van der Waals surface area contributed by atoms with E-state index in [1.807, 2.05) is 6.07 Å². The van der Waals surface area contributed by atoms with Crippen molar-refractivity contribution in [3.8, 4) is 5.75 Å². The molecule has 0 spiro atoms. The van der Waals surface area contributed by atoms with E-state index in [1.54, 1.807) is 0 Å². The third-order valence-electron chi connectivity index (χ3n) is 3.04. The van der Waals surface area contributed by atoms with E-state index in [0.717, 1.165) is 31.9 Å². The van der Waals surface area contributed by atoms with Crippen molar-refractivity contribution in [2.24, 2.45) is 0 Å². The predicted molar refractivity (Wildman–Crippen MR) is 78.4 cm³/mol. The highest BCUT2D eigenvalue weighted by atomic mass is 16.5. The molecular weight excluding hydrogens is 222 g/mol. The third kappa shape index (κ3) is 6.06. The highest BCUT2D eigenvalue weighted by Crippen LogP contribution is 2.20. The van der Waals surface area contributed by atoms with Crippen molar-refractivity contribution in [2.75, 3.05) is 19.7 Å². The Bertz CT molecular complexity index is 323. The summed E-state index contributed by atoms with van der Waals surface area (Å²) in [4.78, 5) is 0. The minimum absolute atomic E-state index is 0.564. The number of hydrogen-bond donors (Lipinski definition) is 1. The number of ether oxygens (including phenoxy) is 1. The Labute approximate surface area is 112 Å². The number of nitrogens with one attached hydrogen (secondary N) is 1. The number of hydrogen-bond acceptors (Lipinski definition) is 2. The number of rotatable bonds is 9. The van der Waals surface area contributed by atoms with Gasteiger partial charge in [-0.2, -0.15) is 0 Å². The van der Waals surface area contributed by atoms with Gasteiger partial charge >= 0.3 is 0 Å². The molecule has 0 aliphatic heterocycles. The maximum Gasteiger partial charge on any atom is 0.119 e. The Morgan fingerprint density at radius 2 is 2.00 bits per heavy atom. The molecule has 0 radical (unpaired) electrons. The zero-order chi connectivity index (χ0) is 13.2. The van der Waals surface area contributed by atoms with Crippen LogP contribution in [-0.2, 0) is 0 Å². The molecule has 1 aromatic carbocycles. The summed E-state index contributed by atoms with van der Waals surface area (Å²) in [6, 6.07) is 8.44. The lowest BCUT2D eigenvalue weighted by Crippen LogP contribution is -2.14. The van der Waals surface area contributed by atoms with Crippen LogP contribution in [0.2, 0.25) is 0 Å². The van der Waals surface area contributed by atoms with Crippen LogP contribution in [0.1, 0.15) is 51.5 Å². The van der Waals surface area contributed by atoms with Crippen LogP contribution < -0.4 is 10.1 Å². The fourth-order valence-corrected chi connectivity index (χ4v) is 1.86. The maximum absolute atomic E-state index is 5.78. The Hall–Kier alpha value is -1.02. The van der Waals surface area contributed by atoms with Crippen molar-refractivity contribution < 1.29 is 4.74 Å². The van der Waals surface area contributed by atoms with Gasteiger partial charge < -0.3 is 10.1 Å². The molecular formula is C16H27NO. The van der Waals surface area contributed by atoms with E-state index in [-0.39, 0.29) is 0 Å². The zero-order valence-electron chi connectivity index (χ0n) is 12.0. The molecule has 1 N–H and O–H groups in total. The molecule has 0 unspecified atom stereocenters. The molecule has 0 aromatic heterocycles. The van der Waals surface area contributed by atoms with Gasteiger partial charge in [0.25, 0.3) is 0 Å². The smallest absolute Gasteiger partial charge is 0.119 e. The maximum atomic E-state index is 5.78. The van der Waals surface area contributed by atoms with Crippen LogP contribution in [0.4, 0.5) is 0 Å². The summed E-state index contributed by atoms with van der Waals surface area (Å²) in [5, 5.41) is 3.34. The summed E-state index contributed by atoms with van der Waals surface area (Å²) in [7, 11) is 0. The Balaban J connectivity index is 2.17. The molecule has 18 heavy (non-hydrogen) atoms. The van der Waals surface area contributed by atoms with Gasteiger partial charge in [-0.15, -0.1) is 0 Å². The van der Waals surface area contributed by atoms with Gasteiger partial charge in [0.05, 0.1) is 6.61 Å². The molecule has 0 amide bonds. The summed E-state index contributed by atoms with van der Waals surface area (Å²) in [5.41, 5.74) is 1.35. The fourth-order valence-electron chi connectivity index (χ4n) is 1.86. The van der Waals surface area contributed by atoms with E-state index < -0.39 is 0 Å². The van der Waals surface area contributed by atoms with Crippen LogP contribution >= 0.6 is 0 Å². The summed E-state index contributed by atoms with van der Waals surface area (Å²) in [5.74, 6) is 1.57. The normalized spacial score (nSPS) is 10.9. The molecule has 2 nitrogen and oxygen atoms in total. The SMILES string of the molecule is CCNCCCCCOc1cccc(C(C)C)c1. The van der Waals surface area contributed by atoms with Crippen LogP contribution in [0.3, 0.4) is 0 Å². The van der Waals surface area contributed by atoms with Crippen LogP contribution in [0, 0.1) is 0 Å². The minimum Gasteiger partial charge on any atom is -0.494 e. The lowest BCUT2D eigenvalue weighted by atomic mass is 10.0. The fraction of sp³-hybridized carbons (Fsp3) is 0.625. The second kappa shape index (κ2) is 8.98. The lowest BCUT2D eigenvalue weighted by molar-refractivity contribution is 0.304. The van der Waals surface area contributed by atoms with Gasteiger partial charge in [0.15, 0.2) is 0 Å². The predicted octanol–water partition coefficient (Wildman–Crippen LogP) is 3.97. The molecule has 0 saturated carbocycles.